The van der Waals surface area contributed by atoms with Crippen molar-refractivity contribution >= 4 is 0 Å². The SMILES string of the molecule is CCCCCCn1nnc(C#N)c1CCOc1ccccc1. The summed E-state index contributed by atoms with van der Waals surface area (Å²) in [5, 5.41) is 17.2. The van der Waals surface area contributed by atoms with E-state index in [4.69, 9.17) is 10.00 Å². The van der Waals surface area contributed by atoms with Gasteiger partial charge in [0.1, 0.15) is 11.8 Å². The van der Waals surface area contributed by atoms with Crippen molar-refractivity contribution in [3.8, 4) is 11.8 Å². The Morgan fingerprint density at radius 2 is 2.00 bits per heavy atom. The lowest BCUT2D eigenvalue weighted by molar-refractivity contribution is 0.316. The van der Waals surface area contributed by atoms with Crippen LogP contribution in [0.3, 0.4) is 0 Å². The molecule has 0 amide bonds. The molecule has 22 heavy (non-hydrogen) atoms. The van der Waals surface area contributed by atoms with Crippen molar-refractivity contribution in [3.63, 3.8) is 0 Å². The van der Waals surface area contributed by atoms with E-state index in [1.165, 1.54) is 19.3 Å². The zero-order chi connectivity index (χ0) is 15.6. The summed E-state index contributed by atoms with van der Waals surface area (Å²) in [5.74, 6) is 0.836. The number of nitriles is 1. The second-order valence-electron chi connectivity index (χ2n) is 5.19. The van der Waals surface area contributed by atoms with Crippen LogP contribution in [0.15, 0.2) is 30.3 Å². The van der Waals surface area contributed by atoms with Gasteiger partial charge in [0.2, 0.25) is 0 Å². The largest absolute Gasteiger partial charge is 0.493 e. The lowest BCUT2D eigenvalue weighted by Gasteiger charge is -2.08. The molecule has 1 heterocycles. The first-order valence-electron chi connectivity index (χ1n) is 7.85. The van der Waals surface area contributed by atoms with E-state index in [2.05, 4.69) is 23.3 Å². The van der Waals surface area contributed by atoms with Gasteiger partial charge in [-0.25, -0.2) is 4.68 Å². The number of unbranched alkanes of at least 4 members (excludes halogenated alkanes) is 3. The summed E-state index contributed by atoms with van der Waals surface area (Å²) in [5.41, 5.74) is 1.28. The number of ether oxygens (including phenoxy) is 1. The summed E-state index contributed by atoms with van der Waals surface area (Å²) in [6, 6.07) is 11.8. The molecule has 0 aliphatic carbocycles. The first-order chi connectivity index (χ1) is 10.8. The van der Waals surface area contributed by atoms with E-state index in [1.54, 1.807) is 0 Å². The maximum atomic E-state index is 9.15. The minimum atomic E-state index is 0.409. The lowest BCUT2D eigenvalue weighted by Crippen LogP contribution is -2.10. The molecule has 0 saturated carbocycles. The molecule has 2 aromatic rings. The van der Waals surface area contributed by atoms with E-state index >= 15 is 0 Å². The van der Waals surface area contributed by atoms with Crippen molar-refractivity contribution in [1.29, 1.82) is 5.26 Å². The van der Waals surface area contributed by atoms with Crippen LogP contribution in [-0.4, -0.2) is 21.6 Å². The monoisotopic (exact) mass is 298 g/mol. The summed E-state index contributed by atoms with van der Waals surface area (Å²) in [4.78, 5) is 0. The molecule has 0 radical (unpaired) electrons. The van der Waals surface area contributed by atoms with Crippen LogP contribution in [0.5, 0.6) is 5.75 Å². The van der Waals surface area contributed by atoms with Crippen LogP contribution in [-0.2, 0) is 13.0 Å². The topological polar surface area (TPSA) is 63.7 Å². The van der Waals surface area contributed by atoms with Gasteiger partial charge < -0.3 is 4.74 Å². The number of aryl methyl sites for hydroxylation is 1. The van der Waals surface area contributed by atoms with Crippen LogP contribution in [0.1, 0.15) is 44.0 Å². The second-order valence-corrected chi connectivity index (χ2v) is 5.19. The molecule has 2 rings (SSSR count). The van der Waals surface area contributed by atoms with Gasteiger partial charge in [0, 0.05) is 13.0 Å². The zero-order valence-electron chi connectivity index (χ0n) is 13.0. The second kappa shape index (κ2) is 8.83. The standard InChI is InChI=1S/C17H22N4O/c1-2-3-4-8-12-21-17(16(14-18)19-20-21)11-13-22-15-9-6-5-7-10-15/h5-7,9-10H,2-4,8,11-13H2,1H3. The average Bonchev–Trinajstić information content (AvgIpc) is 2.95. The third-order valence-corrected chi connectivity index (χ3v) is 3.52. The highest BCUT2D eigenvalue weighted by Gasteiger charge is 2.12. The predicted molar refractivity (Wildman–Crippen MR) is 84.5 cm³/mol. The Bertz CT molecular complexity index is 601. The van der Waals surface area contributed by atoms with Gasteiger partial charge >= 0.3 is 0 Å². The van der Waals surface area contributed by atoms with Crippen LogP contribution >= 0.6 is 0 Å². The molecule has 0 aliphatic heterocycles. The van der Waals surface area contributed by atoms with E-state index < -0.39 is 0 Å². The molecule has 1 aromatic carbocycles. The molecule has 5 nitrogen and oxygen atoms in total. The molecule has 0 bridgehead atoms. The minimum absolute atomic E-state index is 0.409. The molecule has 0 saturated heterocycles. The number of benzene rings is 1. The molecule has 116 valence electrons. The van der Waals surface area contributed by atoms with E-state index in [1.807, 2.05) is 35.0 Å². The van der Waals surface area contributed by atoms with Crippen LogP contribution in [0.4, 0.5) is 0 Å². The Balaban J connectivity index is 1.90. The Labute approximate surface area is 131 Å². The Morgan fingerprint density at radius 1 is 1.18 bits per heavy atom. The number of para-hydroxylation sites is 1. The molecule has 0 aliphatic rings. The quantitative estimate of drug-likeness (QED) is 0.666. The van der Waals surface area contributed by atoms with Crippen LogP contribution < -0.4 is 4.74 Å². The smallest absolute Gasteiger partial charge is 0.185 e. The van der Waals surface area contributed by atoms with Crippen molar-refractivity contribution in [1.82, 2.24) is 15.0 Å². The van der Waals surface area contributed by atoms with Gasteiger partial charge in [0.25, 0.3) is 0 Å². The fourth-order valence-corrected chi connectivity index (χ4v) is 2.32. The number of nitrogens with zero attached hydrogens (tertiary/aromatic N) is 4. The van der Waals surface area contributed by atoms with E-state index in [0.29, 0.717) is 18.7 Å². The maximum Gasteiger partial charge on any atom is 0.185 e. The summed E-state index contributed by atoms with van der Waals surface area (Å²) in [6.07, 6.45) is 5.32. The highest BCUT2D eigenvalue weighted by Crippen LogP contribution is 2.12. The lowest BCUT2D eigenvalue weighted by atomic mass is 10.2. The minimum Gasteiger partial charge on any atom is -0.493 e. The van der Waals surface area contributed by atoms with Gasteiger partial charge in [-0.05, 0) is 18.6 Å². The third-order valence-electron chi connectivity index (χ3n) is 3.52. The summed E-state index contributed by atoms with van der Waals surface area (Å²) < 4.78 is 7.55. The van der Waals surface area contributed by atoms with Gasteiger partial charge in [-0.15, -0.1) is 5.10 Å². The number of hydrogen-bond donors (Lipinski definition) is 0. The Kier molecular flexibility index (Phi) is 6.43. The Morgan fingerprint density at radius 3 is 2.73 bits per heavy atom. The van der Waals surface area contributed by atoms with E-state index in [9.17, 15) is 0 Å². The highest BCUT2D eigenvalue weighted by atomic mass is 16.5. The molecule has 0 fully saturated rings. The average molecular weight is 298 g/mol. The fourth-order valence-electron chi connectivity index (χ4n) is 2.32. The van der Waals surface area contributed by atoms with Crippen molar-refractivity contribution in [2.24, 2.45) is 0 Å². The van der Waals surface area contributed by atoms with Gasteiger partial charge in [-0.2, -0.15) is 5.26 Å². The molecular weight excluding hydrogens is 276 g/mol. The summed E-state index contributed by atoms with van der Waals surface area (Å²) >= 11 is 0. The van der Waals surface area contributed by atoms with Gasteiger partial charge in [-0.3, -0.25) is 0 Å². The molecule has 0 unspecified atom stereocenters. The summed E-state index contributed by atoms with van der Waals surface area (Å²) in [7, 11) is 0. The fraction of sp³-hybridized carbons (Fsp3) is 0.471. The first-order valence-corrected chi connectivity index (χ1v) is 7.85. The van der Waals surface area contributed by atoms with E-state index in [-0.39, 0.29) is 0 Å². The molecule has 0 N–H and O–H groups in total. The highest BCUT2D eigenvalue weighted by molar-refractivity contribution is 5.25. The van der Waals surface area contributed by atoms with Gasteiger partial charge in [0.15, 0.2) is 5.69 Å². The van der Waals surface area contributed by atoms with Crippen molar-refractivity contribution in [3.05, 3.63) is 41.7 Å². The normalized spacial score (nSPS) is 10.4. The van der Waals surface area contributed by atoms with Gasteiger partial charge in [-0.1, -0.05) is 49.6 Å². The number of aromatic nitrogens is 3. The number of rotatable bonds is 9. The van der Waals surface area contributed by atoms with Crippen molar-refractivity contribution in [2.75, 3.05) is 6.61 Å². The molecule has 5 heteroatoms. The van der Waals surface area contributed by atoms with E-state index in [0.717, 1.165) is 24.4 Å². The van der Waals surface area contributed by atoms with Crippen molar-refractivity contribution < 1.29 is 4.74 Å². The van der Waals surface area contributed by atoms with Gasteiger partial charge in [0.05, 0.1) is 12.3 Å². The Hall–Kier alpha value is -2.35. The summed E-state index contributed by atoms with van der Waals surface area (Å²) in [6.45, 7) is 3.52. The molecule has 1 aromatic heterocycles. The predicted octanol–water partition coefficient (Wildman–Crippen LogP) is 3.35. The number of hydrogen-bond acceptors (Lipinski definition) is 4. The van der Waals surface area contributed by atoms with Crippen molar-refractivity contribution in [2.45, 2.75) is 45.6 Å². The zero-order valence-corrected chi connectivity index (χ0v) is 13.0. The van der Waals surface area contributed by atoms with Crippen LogP contribution in [0, 0.1) is 11.3 Å². The third kappa shape index (κ3) is 4.59. The van der Waals surface area contributed by atoms with Crippen LogP contribution in [0.25, 0.3) is 0 Å². The first kappa shape index (κ1) is 16.0. The molecular formula is C17H22N4O. The maximum absolute atomic E-state index is 9.15. The van der Waals surface area contributed by atoms with Crippen LogP contribution in [0.2, 0.25) is 0 Å². The molecule has 0 spiro atoms. The molecule has 0 atom stereocenters.